The largest absolute Gasteiger partial charge is 0.268 e. The summed E-state index contributed by atoms with van der Waals surface area (Å²) in [5.41, 5.74) is 1.17. The summed E-state index contributed by atoms with van der Waals surface area (Å²) in [4.78, 5) is 0. The molecule has 1 aromatic rings. The van der Waals surface area contributed by atoms with Gasteiger partial charge in [-0.15, -0.1) is 0 Å². The molecule has 1 aliphatic heterocycles. The monoisotopic (exact) mass is 170 g/mol. The summed E-state index contributed by atoms with van der Waals surface area (Å²) in [6, 6.07) is 0.393. The average molecular weight is 170 g/mol. The topological polar surface area (TPSA) is 34.9 Å². The van der Waals surface area contributed by atoms with Crippen molar-refractivity contribution in [3.8, 4) is 0 Å². The van der Waals surface area contributed by atoms with Gasteiger partial charge in [0.1, 0.15) is 0 Å². The van der Waals surface area contributed by atoms with E-state index >= 15 is 0 Å². The van der Waals surface area contributed by atoms with Crippen LogP contribution in [-0.4, -0.2) is 25.5 Å². The van der Waals surface area contributed by atoms with Crippen molar-refractivity contribution < 1.29 is 4.21 Å². The summed E-state index contributed by atoms with van der Waals surface area (Å²) in [5, 5.41) is 4.15. The molecule has 1 fully saturated rings. The zero-order valence-electron chi connectivity index (χ0n) is 6.36. The number of hydrogen-bond donors (Lipinski definition) is 0. The van der Waals surface area contributed by atoms with Gasteiger partial charge < -0.3 is 0 Å². The van der Waals surface area contributed by atoms with Crippen LogP contribution in [0.5, 0.6) is 0 Å². The van der Waals surface area contributed by atoms with E-state index in [2.05, 4.69) is 5.10 Å². The van der Waals surface area contributed by atoms with Crippen LogP contribution in [0.25, 0.3) is 0 Å². The molecule has 0 N–H and O–H groups in total. The van der Waals surface area contributed by atoms with E-state index in [0.29, 0.717) is 6.04 Å². The van der Waals surface area contributed by atoms with Crippen LogP contribution in [0.15, 0.2) is 12.4 Å². The van der Waals surface area contributed by atoms with Crippen molar-refractivity contribution in [2.45, 2.75) is 13.0 Å². The first-order chi connectivity index (χ1) is 5.25. The predicted octanol–water partition coefficient (Wildman–Crippen LogP) is 0.495. The molecule has 3 nitrogen and oxygen atoms in total. The number of hydrogen-bond acceptors (Lipinski definition) is 2. The van der Waals surface area contributed by atoms with E-state index < -0.39 is 10.8 Å². The average Bonchev–Trinajstić information content (AvgIpc) is 2.29. The van der Waals surface area contributed by atoms with Gasteiger partial charge in [0.2, 0.25) is 0 Å². The van der Waals surface area contributed by atoms with Crippen LogP contribution < -0.4 is 0 Å². The number of aromatic nitrogens is 2. The van der Waals surface area contributed by atoms with Crippen molar-refractivity contribution in [1.82, 2.24) is 9.78 Å². The van der Waals surface area contributed by atoms with Gasteiger partial charge in [-0.3, -0.25) is 8.89 Å². The SMILES string of the molecule is Cc1cnn(C2CS(=O)C2)c1. The summed E-state index contributed by atoms with van der Waals surface area (Å²) in [6.45, 7) is 2.01. The van der Waals surface area contributed by atoms with Crippen LogP contribution in [0.3, 0.4) is 0 Å². The van der Waals surface area contributed by atoms with E-state index in [1.54, 1.807) is 0 Å². The van der Waals surface area contributed by atoms with Gasteiger partial charge in [-0.05, 0) is 12.5 Å². The van der Waals surface area contributed by atoms with Crippen LogP contribution >= 0.6 is 0 Å². The Morgan fingerprint density at radius 1 is 1.73 bits per heavy atom. The maximum absolute atomic E-state index is 10.8. The lowest BCUT2D eigenvalue weighted by molar-refractivity contribution is 0.505. The quantitative estimate of drug-likeness (QED) is 0.615. The molecule has 2 rings (SSSR count). The number of nitrogens with zero attached hydrogens (tertiary/aromatic N) is 2. The second kappa shape index (κ2) is 2.44. The zero-order chi connectivity index (χ0) is 7.84. The Labute approximate surface area is 67.9 Å². The summed E-state index contributed by atoms with van der Waals surface area (Å²) in [7, 11) is -0.574. The zero-order valence-corrected chi connectivity index (χ0v) is 7.17. The molecule has 0 aliphatic carbocycles. The molecule has 60 valence electrons. The van der Waals surface area contributed by atoms with Gasteiger partial charge in [-0.2, -0.15) is 5.10 Å². The van der Waals surface area contributed by atoms with Crippen molar-refractivity contribution in [2.24, 2.45) is 0 Å². The molecule has 0 radical (unpaired) electrons. The van der Waals surface area contributed by atoms with E-state index in [4.69, 9.17) is 0 Å². The van der Waals surface area contributed by atoms with Crippen LogP contribution in [0.2, 0.25) is 0 Å². The second-order valence-electron chi connectivity index (χ2n) is 2.92. The highest BCUT2D eigenvalue weighted by atomic mass is 32.2. The normalized spacial score (nSPS) is 29.9. The van der Waals surface area contributed by atoms with Crippen LogP contribution in [-0.2, 0) is 10.8 Å². The summed E-state index contributed by atoms with van der Waals surface area (Å²) < 4.78 is 12.7. The van der Waals surface area contributed by atoms with Crippen molar-refractivity contribution in [2.75, 3.05) is 11.5 Å². The lowest BCUT2D eigenvalue weighted by Gasteiger charge is -2.24. The molecule has 1 aromatic heterocycles. The van der Waals surface area contributed by atoms with E-state index in [1.807, 2.05) is 24.0 Å². The molecule has 0 bridgehead atoms. The molecule has 0 amide bonds. The third kappa shape index (κ3) is 1.22. The van der Waals surface area contributed by atoms with E-state index in [-0.39, 0.29) is 0 Å². The first kappa shape index (κ1) is 7.03. The van der Waals surface area contributed by atoms with Gasteiger partial charge in [-0.1, -0.05) is 0 Å². The smallest absolute Gasteiger partial charge is 0.0749 e. The molecule has 0 atom stereocenters. The molecular weight excluding hydrogens is 160 g/mol. The fourth-order valence-corrected chi connectivity index (χ4v) is 2.23. The minimum Gasteiger partial charge on any atom is -0.268 e. The Morgan fingerprint density at radius 2 is 2.45 bits per heavy atom. The molecule has 1 saturated heterocycles. The van der Waals surface area contributed by atoms with E-state index in [9.17, 15) is 4.21 Å². The molecule has 11 heavy (non-hydrogen) atoms. The molecule has 4 heteroatoms. The molecule has 0 saturated carbocycles. The van der Waals surface area contributed by atoms with Crippen LogP contribution in [0.4, 0.5) is 0 Å². The van der Waals surface area contributed by atoms with Crippen molar-refractivity contribution >= 4 is 10.8 Å². The fraction of sp³-hybridized carbons (Fsp3) is 0.571. The number of aryl methyl sites for hydroxylation is 1. The number of rotatable bonds is 1. The summed E-state index contributed by atoms with van der Waals surface area (Å²) in [6.07, 6.45) is 3.84. The van der Waals surface area contributed by atoms with Crippen LogP contribution in [0.1, 0.15) is 11.6 Å². The highest BCUT2D eigenvalue weighted by Gasteiger charge is 2.27. The minimum absolute atomic E-state index is 0.393. The van der Waals surface area contributed by atoms with Crippen LogP contribution in [0, 0.1) is 6.92 Å². The summed E-state index contributed by atoms with van der Waals surface area (Å²) in [5.74, 6) is 1.56. The van der Waals surface area contributed by atoms with Gasteiger partial charge in [-0.25, -0.2) is 0 Å². The van der Waals surface area contributed by atoms with Gasteiger partial charge >= 0.3 is 0 Å². The lowest BCUT2D eigenvalue weighted by atomic mass is 10.4. The van der Waals surface area contributed by atoms with Gasteiger partial charge in [0, 0.05) is 28.5 Å². The maximum Gasteiger partial charge on any atom is 0.0749 e. The minimum atomic E-state index is -0.574. The highest BCUT2D eigenvalue weighted by Crippen LogP contribution is 2.19. The molecule has 0 aromatic carbocycles. The van der Waals surface area contributed by atoms with Gasteiger partial charge in [0.25, 0.3) is 0 Å². The highest BCUT2D eigenvalue weighted by molar-refractivity contribution is 7.86. The standard InChI is InChI=1S/C7H10N2OS/c1-6-2-8-9(3-6)7-4-11(10)5-7/h2-3,7H,4-5H2,1H3. The van der Waals surface area contributed by atoms with E-state index in [0.717, 1.165) is 11.5 Å². The molecule has 2 heterocycles. The maximum atomic E-state index is 10.8. The summed E-state index contributed by atoms with van der Waals surface area (Å²) >= 11 is 0. The fourth-order valence-electron chi connectivity index (χ4n) is 1.17. The second-order valence-corrected chi connectivity index (χ2v) is 4.47. The van der Waals surface area contributed by atoms with Gasteiger partial charge in [0.05, 0.1) is 12.2 Å². The Bertz CT molecular complexity index is 286. The third-order valence-corrected chi connectivity index (χ3v) is 3.37. The lowest BCUT2D eigenvalue weighted by Crippen LogP contribution is -2.33. The first-order valence-corrected chi connectivity index (χ1v) is 5.10. The van der Waals surface area contributed by atoms with Crippen molar-refractivity contribution in [3.05, 3.63) is 18.0 Å². The molecule has 1 aliphatic rings. The molecule has 0 spiro atoms. The Morgan fingerprint density at radius 3 is 2.91 bits per heavy atom. The first-order valence-electron chi connectivity index (χ1n) is 3.61. The van der Waals surface area contributed by atoms with Crippen molar-refractivity contribution in [3.63, 3.8) is 0 Å². The molecule has 0 unspecified atom stereocenters. The Kier molecular flexibility index (Phi) is 1.56. The molecular formula is C7H10N2OS. The third-order valence-electron chi connectivity index (χ3n) is 1.86. The van der Waals surface area contributed by atoms with Gasteiger partial charge in [0.15, 0.2) is 0 Å². The predicted molar refractivity (Wildman–Crippen MR) is 43.9 cm³/mol. The Hall–Kier alpha value is -0.640. The Balaban J connectivity index is 2.12. The van der Waals surface area contributed by atoms with E-state index in [1.165, 1.54) is 5.56 Å². The van der Waals surface area contributed by atoms with Crippen molar-refractivity contribution in [1.29, 1.82) is 0 Å².